The lowest BCUT2D eigenvalue weighted by molar-refractivity contribution is -0.117. The van der Waals surface area contributed by atoms with Crippen LogP contribution in [0.2, 0.25) is 0 Å². The van der Waals surface area contributed by atoms with Crippen LogP contribution in [0.1, 0.15) is 6.42 Å². The second kappa shape index (κ2) is 5.75. The lowest BCUT2D eigenvalue weighted by Gasteiger charge is -2.10. The fourth-order valence-corrected chi connectivity index (χ4v) is 1.47. The van der Waals surface area contributed by atoms with E-state index in [9.17, 15) is 4.79 Å². The average Bonchev–Trinajstić information content (AvgIpc) is 2.93. The lowest BCUT2D eigenvalue weighted by Crippen LogP contribution is -2.35. The summed E-state index contributed by atoms with van der Waals surface area (Å²) < 4.78 is 0. The highest BCUT2D eigenvalue weighted by atomic mass is 16.2. The Morgan fingerprint density at radius 2 is 2.42 bits per heavy atom. The molecule has 0 aliphatic rings. The monoisotopic (exact) mass is 256 g/mol. The van der Waals surface area contributed by atoms with Crippen molar-refractivity contribution in [2.75, 3.05) is 5.32 Å². The van der Waals surface area contributed by atoms with Gasteiger partial charge in [-0.05, 0) is 17.3 Å². The van der Waals surface area contributed by atoms with Crippen LogP contribution in [0.4, 0.5) is 5.69 Å². The Balaban J connectivity index is 2.12. The van der Waals surface area contributed by atoms with Crippen LogP contribution in [0, 0.1) is 12.3 Å². The first-order chi connectivity index (χ1) is 9.20. The second-order valence-electron chi connectivity index (χ2n) is 3.82. The molecule has 2 rings (SSSR count). The number of nitrogens with two attached hydrogens (primary N) is 1. The zero-order valence-electron chi connectivity index (χ0n) is 10.00. The molecule has 7 heteroatoms. The molecule has 0 saturated carbocycles. The third-order valence-electron chi connectivity index (χ3n) is 2.41. The number of aromatic amines is 1. The van der Waals surface area contributed by atoms with Gasteiger partial charge >= 0.3 is 0 Å². The minimum atomic E-state index is -0.723. The number of anilines is 1. The van der Waals surface area contributed by atoms with Crippen LogP contribution in [0.25, 0.3) is 11.4 Å². The molecule has 1 aromatic heterocycles. The van der Waals surface area contributed by atoms with Gasteiger partial charge in [0.05, 0.1) is 6.04 Å². The summed E-state index contributed by atoms with van der Waals surface area (Å²) >= 11 is 0. The van der Waals surface area contributed by atoms with Crippen LogP contribution < -0.4 is 11.1 Å². The molecule has 0 saturated heterocycles. The van der Waals surface area contributed by atoms with Gasteiger partial charge < -0.3 is 11.1 Å². The van der Waals surface area contributed by atoms with Crippen molar-refractivity contribution < 1.29 is 4.79 Å². The molecule has 0 bridgehead atoms. The summed E-state index contributed by atoms with van der Waals surface area (Å²) in [4.78, 5) is 11.7. The van der Waals surface area contributed by atoms with E-state index in [1.807, 2.05) is 6.07 Å². The molecule has 19 heavy (non-hydrogen) atoms. The molecule has 7 nitrogen and oxygen atoms in total. The van der Waals surface area contributed by atoms with Crippen molar-refractivity contribution in [1.29, 1.82) is 0 Å². The summed E-state index contributed by atoms with van der Waals surface area (Å²) in [6.45, 7) is 0. The summed E-state index contributed by atoms with van der Waals surface area (Å²) in [5.74, 6) is 2.47. The first-order valence-electron chi connectivity index (χ1n) is 5.54. The normalized spacial score (nSPS) is 11.6. The van der Waals surface area contributed by atoms with E-state index in [4.69, 9.17) is 12.2 Å². The van der Waals surface area contributed by atoms with Gasteiger partial charge in [0.1, 0.15) is 0 Å². The van der Waals surface area contributed by atoms with E-state index in [0.29, 0.717) is 11.5 Å². The summed E-state index contributed by atoms with van der Waals surface area (Å²) in [6.07, 6.45) is 5.30. The topological polar surface area (TPSA) is 110 Å². The van der Waals surface area contributed by atoms with Crippen molar-refractivity contribution in [1.82, 2.24) is 20.6 Å². The maximum atomic E-state index is 11.7. The number of carbonyl (C=O) groups is 1. The van der Waals surface area contributed by atoms with Crippen LogP contribution in [0.3, 0.4) is 0 Å². The number of nitrogens with zero attached hydrogens (tertiary/aromatic N) is 3. The van der Waals surface area contributed by atoms with Crippen molar-refractivity contribution in [3.8, 4) is 23.7 Å². The molecule has 2 aromatic rings. The van der Waals surface area contributed by atoms with Crippen molar-refractivity contribution in [2.24, 2.45) is 5.73 Å². The first kappa shape index (κ1) is 12.7. The highest BCUT2D eigenvalue weighted by Gasteiger charge is 2.12. The minimum absolute atomic E-state index is 0.191. The van der Waals surface area contributed by atoms with Gasteiger partial charge in [-0.25, -0.2) is 0 Å². The Bertz CT molecular complexity index is 601. The lowest BCUT2D eigenvalue weighted by atomic mass is 10.1. The van der Waals surface area contributed by atoms with Crippen LogP contribution in [-0.2, 0) is 4.79 Å². The highest BCUT2D eigenvalue weighted by Crippen LogP contribution is 2.18. The Labute approximate surface area is 109 Å². The Morgan fingerprint density at radius 1 is 1.58 bits per heavy atom. The fraction of sp³-hybridized carbons (Fsp3) is 0.167. The summed E-state index contributed by atoms with van der Waals surface area (Å²) in [7, 11) is 0. The molecule has 1 atom stereocenters. The molecule has 96 valence electrons. The van der Waals surface area contributed by atoms with E-state index in [1.54, 1.807) is 18.2 Å². The SMILES string of the molecule is C#CCC(N)C(=O)Nc1cccc(-c2nn[nH]n2)c1. The molecule has 0 radical (unpaired) electrons. The molecule has 4 N–H and O–H groups in total. The van der Waals surface area contributed by atoms with E-state index in [0.717, 1.165) is 5.56 Å². The molecule has 1 heterocycles. The molecule has 0 spiro atoms. The number of tetrazole rings is 1. The van der Waals surface area contributed by atoms with Gasteiger partial charge in [0.25, 0.3) is 0 Å². The number of amides is 1. The number of rotatable bonds is 4. The maximum absolute atomic E-state index is 11.7. The van der Waals surface area contributed by atoms with E-state index >= 15 is 0 Å². The molecule has 1 unspecified atom stereocenters. The van der Waals surface area contributed by atoms with Gasteiger partial charge in [-0.2, -0.15) is 5.21 Å². The minimum Gasteiger partial charge on any atom is -0.325 e. The van der Waals surface area contributed by atoms with Gasteiger partial charge in [-0.15, -0.1) is 22.5 Å². The van der Waals surface area contributed by atoms with Gasteiger partial charge in [-0.1, -0.05) is 12.1 Å². The van der Waals surface area contributed by atoms with E-state index < -0.39 is 6.04 Å². The third-order valence-corrected chi connectivity index (χ3v) is 2.41. The maximum Gasteiger partial charge on any atom is 0.242 e. The fourth-order valence-electron chi connectivity index (χ4n) is 1.47. The number of terminal acetylenes is 1. The van der Waals surface area contributed by atoms with Gasteiger partial charge in [0, 0.05) is 17.7 Å². The van der Waals surface area contributed by atoms with E-state index in [1.165, 1.54) is 0 Å². The molecule has 1 amide bonds. The van der Waals surface area contributed by atoms with Crippen LogP contribution >= 0.6 is 0 Å². The molecule has 0 aliphatic heterocycles. The highest BCUT2D eigenvalue weighted by molar-refractivity contribution is 5.95. The van der Waals surface area contributed by atoms with Crippen LogP contribution in [0.5, 0.6) is 0 Å². The molecular weight excluding hydrogens is 244 g/mol. The number of benzene rings is 1. The van der Waals surface area contributed by atoms with Crippen molar-refractivity contribution >= 4 is 11.6 Å². The summed E-state index contributed by atoms with van der Waals surface area (Å²) in [6, 6.07) is 6.32. The quantitative estimate of drug-likeness (QED) is 0.675. The zero-order valence-corrected chi connectivity index (χ0v) is 10.00. The number of carbonyl (C=O) groups excluding carboxylic acids is 1. The van der Waals surface area contributed by atoms with Crippen LogP contribution in [-0.4, -0.2) is 32.6 Å². The molecule has 0 aliphatic carbocycles. The standard InChI is InChI=1S/C12H12N6O/c1-2-4-10(13)12(19)14-9-6-3-5-8(7-9)11-15-17-18-16-11/h1,3,5-7,10H,4,13H2,(H,14,19)(H,15,16,17,18). The number of aromatic nitrogens is 4. The first-order valence-corrected chi connectivity index (χ1v) is 5.54. The smallest absolute Gasteiger partial charge is 0.242 e. The van der Waals surface area contributed by atoms with Gasteiger partial charge in [-0.3, -0.25) is 4.79 Å². The second-order valence-corrected chi connectivity index (χ2v) is 3.82. The van der Waals surface area contributed by atoms with Gasteiger partial charge in [0.2, 0.25) is 11.7 Å². The molecule has 0 fully saturated rings. The third kappa shape index (κ3) is 3.14. The summed E-state index contributed by atoms with van der Waals surface area (Å²) in [5.41, 5.74) is 6.94. The molecular formula is C12H12N6O. The molecule has 1 aromatic carbocycles. The number of hydrogen-bond acceptors (Lipinski definition) is 5. The largest absolute Gasteiger partial charge is 0.325 e. The summed E-state index contributed by atoms with van der Waals surface area (Å²) in [5, 5.41) is 16.2. The predicted octanol–water partition coefficient (Wildman–Crippen LogP) is 0.156. The Hall–Kier alpha value is -2.72. The van der Waals surface area contributed by atoms with E-state index in [2.05, 4.69) is 31.9 Å². The number of H-pyrrole nitrogens is 1. The average molecular weight is 256 g/mol. The van der Waals surface area contributed by atoms with Gasteiger partial charge in [0.15, 0.2) is 0 Å². The number of nitrogens with one attached hydrogen (secondary N) is 2. The Kier molecular flexibility index (Phi) is 3.85. The predicted molar refractivity (Wildman–Crippen MR) is 69.7 cm³/mol. The number of hydrogen-bond donors (Lipinski definition) is 3. The van der Waals surface area contributed by atoms with Crippen LogP contribution in [0.15, 0.2) is 24.3 Å². The zero-order chi connectivity index (χ0) is 13.7. The van der Waals surface area contributed by atoms with Crippen molar-refractivity contribution in [2.45, 2.75) is 12.5 Å². The van der Waals surface area contributed by atoms with Crippen molar-refractivity contribution in [3.05, 3.63) is 24.3 Å². The van der Waals surface area contributed by atoms with Crippen molar-refractivity contribution in [3.63, 3.8) is 0 Å². The Morgan fingerprint density at radius 3 is 3.11 bits per heavy atom. The van der Waals surface area contributed by atoms with E-state index in [-0.39, 0.29) is 12.3 Å².